The number of unbranched alkanes of at least 4 members (excludes halogenated alkanes) is 2. The van der Waals surface area contributed by atoms with Crippen molar-refractivity contribution in [1.29, 1.82) is 0 Å². The summed E-state index contributed by atoms with van der Waals surface area (Å²) < 4.78 is 0. The van der Waals surface area contributed by atoms with E-state index in [9.17, 15) is 0 Å². The monoisotopic (exact) mass is 240 g/mol. The van der Waals surface area contributed by atoms with Crippen molar-refractivity contribution in [2.24, 2.45) is 5.92 Å². The fourth-order valence-corrected chi connectivity index (χ4v) is 2.14. The SMILES string of the molecule is CCN(CCCCCNC(C)(C)C)CC1CC1. The first-order valence-corrected chi connectivity index (χ1v) is 7.48. The van der Waals surface area contributed by atoms with Gasteiger partial charge in [0.05, 0.1) is 0 Å². The van der Waals surface area contributed by atoms with E-state index in [0.29, 0.717) is 0 Å². The Balaban J connectivity index is 1.91. The van der Waals surface area contributed by atoms with Crippen LogP contribution in [0, 0.1) is 5.92 Å². The van der Waals surface area contributed by atoms with Crippen LogP contribution < -0.4 is 5.32 Å². The summed E-state index contributed by atoms with van der Waals surface area (Å²) in [6.45, 7) is 14.1. The third-order valence-electron chi connectivity index (χ3n) is 3.47. The molecule has 1 fully saturated rings. The Kier molecular flexibility index (Phi) is 6.50. The van der Waals surface area contributed by atoms with Crippen molar-refractivity contribution in [3.63, 3.8) is 0 Å². The minimum absolute atomic E-state index is 0.279. The molecule has 1 rings (SSSR count). The molecule has 0 unspecified atom stereocenters. The number of hydrogen-bond acceptors (Lipinski definition) is 2. The number of nitrogens with zero attached hydrogens (tertiary/aromatic N) is 1. The van der Waals surface area contributed by atoms with Crippen LogP contribution in [-0.4, -0.2) is 36.6 Å². The van der Waals surface area contributed by atoms with Crippen LogP contribution in [0.1, 0.15) is 59.8 Å². The van der Waals surface area contributed by atoms with Crippen LogP contribution in [0.4, 0.5) is 0 Å². The molecular formula is C15H32N2. The van der Waals surface area contributed by atoms with Crippen LogP contribution >= 0.6 is 0 Å². The molecule has 0 aromatic heterocycles. The highest BCUT2D eigenvalue weighted by Gasteiger charge is 2.23. The van der Waals surface area contributed by atoms with E-state index in [4.69, 9.17) is 0 Å². The van der Waals surface area contributed by atoms with Crippen molar-refractivity contribution in [2.75, 3.05) is 26.2 Å². The first-order chi connectivity index (χ1) is 8.01. The zero-order valence-corrected chi connectivity index (χ0v) is 12.4. The predicted molar refractivity (Wildman–Crippen MR) is 76.4 cm³/mol. The van der Waals surface area contributed by atoms with Crippen LogP contribution in [0.25, 0.3) is 0 Å². The lowest BCUT2D eigenvalue weighted by atomic mass is 10.1. The topological polar surface area (TPSA) is 15.3 Å². The zero-order valence-electron chi connectivity index (χ0n) is 12.4. The molecular weight excluding hydrogens is 208 g/mol. The summed E-state index contributed by atoms with van der Waals surface area (Å²) in [4.78, 5) is 2.63. The predicted octanol–water partition coefficient (Wildman–Crippen LogP) is 3.28. The van der Waals surface area contributed by atoms with Crippen LogP contribution in [0.3, 0.4) is 0 Å². The van der Waals surface area contributed by atoms with Gasteiger partial charge in [0.15, 0.2) is 0 Å². The van der Waals surface area contributed by atoms with Crippen molar-refractivity contribution in [3.05, 3.63) is 0 Å². The molecule has 1 aliphatic rings. The van der Waals surface area contributed by atoms with Gasteiger partial charge in [-0.15, -0.1) is 0 Å². The van der Waals surface area contributed by atoms with Gasteiger partial charge in [-0.2, -0.15) is 0 Å². The van der Waals surface area contributed by atoms with Crippen molar-refractivity contribution < 1.29 is 0 Å². The van der Waals surface area contributed by atoms with Gasteiger partial charge in [0.25, 0.3) is 0 Å². The smallest absolute Gasteiger partial charge is 0.00965 e. The van der Waals surface area contributed by atoms with Gasteiger partial charge in [0.1, 0.15) is 0 Å². The maximum Gasteiger partial charge on any atom is 0.00965 e. The van der Waals surface area contributed by atoms with Crippen LogP contribution in [-0.2, 0) is 0 Å². The quantitative estimate of drug-likeness (QED) is 0.622. The molecule has 1 N–H and O–H groups in total. The third kappa shape index (κ3) is 8.62. The highest BCUT2D eigenvalue weighted by Crippen LogP contribution is 2.29. The molecule has 0 heterocycles. The average molecular weight is 240 g/mol. The highest BCUT2D eigenvalue weighted by molar-refractivity contribution is 4.77. The molecule has 0 aliphatic heterocycles. The molecule has 2 nitrogen and oxygen atoms in total. The molecule has 0 aromatic rings. The largest absolute Gasteiger partial charge is 0.312 e. The first-order valence-electron chi connectivity index (χ1n) is 7.48. The minimum atomic E-state index is 0.279. The number of hydrogen-bond donors (Lipinski definition) is 1. The molecule has 0 bridgehead atoms. The summed E-state index contributed by atoms with van der Waals surface area (Å²) >= 11 is 0. The Hall–Kier alpha value is -0.0800. The Morgan fingerprint density at radius 2 is 1.82 bits per heavy atom. The molecule has 0 amide bonds. The summed E-state index contributed by atoms with van der Waals surface area (Å²) in [6.07, 6.45) is 7.01. The van der Waals surface area contributed by atoms with Gasteiger partial charge in [-0.1, -0.05) is 13.3 Å². The van der Waals surface area contributed by atoms with Crippen molar-refractivity contribution in [2.45, 2.75) is 65.3 Å². The average Bonchev–Trinajstić information content (AvgIpc) is 3.03. The van der Waals surface area contributed by atoms with Crippen molar-refractivity contribution >= 4 is 0 Å². The normalized spacial score (nSPS) is 16.8. The molecule has 0 atom stereocenters. The van der Waals surface area contributed by atoms with E-state index >= 15 is 0 Å². The van der Waals surface area contributed by atoms with Crippen LogP contribution in [0.2, 0.25) is 0 Å². The van der Waals surface area contributed by atoms with E-state index < -0.39 is 0 Å². The van der Waals surface area contributed by atoms with Gasteiger partial charge in [0, 0.05) is 12.1 Å². The number of rotatable bonds is 9. The fourth-order valence-electron chi connectivity index (χ4n) is 2.14. The van der Waals surface area contributed by atoms with Gasteiger partial charge < -0.3 is 10.2 Å². The van der Waals surface area contributed by atoms with Gasteiger partial charge in [-0.05, 0) is 72.0 Å². The lowest BCUT2D eigenvalue weighted by molar-refractivity contribution is 0.269. The standard InChI is InChI=1S/C15H32N2/c1-5-17(13-14-9-10-14)12-8-6-7-11-16-15(2,3)4/h14,16H,5-13H2,1-4H3. The van der Waals surface area contributed by atoms with Gasteiger partial charge in [0.2, 0.25) is 0 Å². The third-order valence-corrected chi connectivity index (χ3v) is 3.47. The van der Waals surface area contributed by atoms with Crippen molar-refractivity contribution in [1.82, 2.24) is 10.2 Å². The van der Waals surface area contributed by atoms with E-state index in [1.807, 2.05) is 0 Å². The lowest BCUT2D eigenvalue weighted by Crippen LogP contribution is -2.36. The van der Waals surface area contributed by atoms with E-state index in [2.05, 4.69) is 37.9 Å². The molecule has 17 heavy (non-hydrogen) atoms. The zero-order chi connectivity index (χ0) is 12.7. The second-order valence-electron chi connectivity index (χ2n) is 6.57. The summed E-state index contributed by atoms with van der Waals surface area (Å²) in [7, 11) is 0. The van der Waals surface area contributed by atoms with Gasteiger partial charge in [-0.25, -0.2) is 0 Å². The maximum absolute atomic E-state index is 3.55. The molecule has 0 aromatic carbocycles. The van der Waals surface area contributed by atoms with E-state index in [1.165, 1.54) is 51.7 Å². The molecule has 0 radical (unpaired) electrons. The summed E-state index contributed by atoms with van der Waals surface area (Å²) in [6, 6.07) is 0. The molecule has 1 saturated carbocycles. The Morgan fingerprint density at radius 3 is 2.35 bits per heavy atom. The second kappa shape index (κ2) is 7.38. The van der Waals surface area contributed by atoms with Crippen molar-refractivity contribution in [3.8, 4) is 0 Å². The van der Waals surface area contributed by atoms with Gasteiger partial charge >= 0.3 is 0 Å². The molecule has 2 heteroatoms. The Morgan fingerprint density at radius 1 is 1.12 bits per heavy atom. The van der Waals surface area contributed by atoms with E-state index in [1.54, 1.807) is 0 Å². The maximum atomic E-state index is 3.55. The fraction of sp³-hybridized carbons (Fsp3) is 1.00. The van der Waals surface area contributed by atoms with Crippen LogP contribution in [0.15, 0.2) is 0 Å². The Labute approximate surface area is 108 Å². The van der Waals surface area contributed by atoms with E-state index in [0.717, 1.165) is 12.5 Å². The molecule has 0 saturated heterocycles. The number of nitrogens with one attached hydrogen (secondary N) is 1. The highest BCUT2D eigenvalue weighted by atomic mass is 15.1. The summed E-state index contributed by atoms with van der Waals surface area (Å²) in [5.74, 6) is 1.04. The minimum Gasteiger partial charge on any atom is -0.312 e. The van der Waals surface area contributed by atoms with Gasteiger partial charge in [-0.3, -0.25) is 0 Å². The first kappa shape index (κ1) is 15.0. The van der Waals surface area contributed by atoms with E-state index in [-0.39, 0.29) is 5.54 Å². The Bertz CT molecular complexity index is 192. The molecule has 102 valence electrons. The summed E-state index contributed by atoms with van der Waals surface area (Å²) in [5, 5.41) is 3.55. The second-order valence-corrected chi connectivity index (χ2v) is 6.57. The lowest BCUT2D eigenvalue weighted by Gasteiger charge is -2.21. The molecule has 1 aliphatic carbocycles. The molecule has 0 spiro atoms. The van der Waals surface area contributed by atoms with Crippen LogP contribution in [0.5, 0.6) is 0 Å². The summed E-state index contributed by atoms with van der Waals surface area (Å²) in [5.41, 5.74) is 0.279.